The molecule has 2 rings (SSSR count). The van der Waals surface area contributed by atoms with Crippen LogP contribution in [0.1, 0.15) is 13.3 Å². The lowest BCUT2D eigenvalue weighted by molar-refractivity contribution is -0.141. The summed E-state index contributed by atoms with van der Waals surface area (Å²) in [6.45, 7) is 1.55. The fraction of sp³-hybridized carbons (Fsp3) is 0.267. The number of allylic oxidation sites excluding steroid dienone is 1. The third kappa shape index (κ3) is 4.88. The number of carboxylic acids is 1. The van der Waals surface area contributed by atoms with Crippen LogP contribution >= 0.6 is 11.6 Å². The average molecular weight is 350 g/mol. The highest BCUT2D eigenvalue weighted by atomic mass is 35.5. The van der Waals surface area contributed by atoms with Crippen molar-refractivity contribution in [3.05, 3.63) is 41.4 Å². The lowest BCUT2D eigenvalue weighted by Gasteiger charge is -2.11. The van der Waals surface area contributed by atoms with Crippen LogP contribution in [0.3, 0.4) is 0 Å². The van der Waals surface area contributed by atoms with Gasteiger partial charge in [-0.1, -0.05) is 23.8 Å². The van der Waals surface area contributed by atoms with Crippen LogP contribution in [-0.2, 0) is 16.1 Å². The second-order valence-corrected chi connectivity index (χ2v) is 5.35. The molecular weight excluding hydrogens is 334 g/mol. The van der Waals surface area contributed by atoms with Gasteiger partial charge in [0.25, 0.3) is 0 Å². The van der Waals surface area contributed by atoms with E-state index in [9.17, 15) is 9.59 Å². The Morgan fingerprint density at radius 1 is 1.38 bits per heavy atom. The predicted octanol–water partition coefficient (Wildman–Crippen LogP) is 1.53. The minimum Gasteiger partial charge on any atom is -0.480 e. The molecule has 8 nitrogen and oxygen atoms in total. The Kier molecular flexibility index (Phi) is 6.02. The van der Waals surface area contributed by atoms with Crippen molar-refractivity contribution in [2.24, 2.45) is 0 Å². The molecule has 1 aromatic carbocycles. The van der Waals surface area contributed by atoms with E-state index in [1.807, 2.05) is 0 Å². The molecule has 126 valence electrons. The Labute approximate surface area is 143 Å². The van der Waals surface area contributed by atoms with Gasteiger partial charge in [-0.2, -0.15) is 4.80 Å². The van der Waals surface area contributed by atoms with Crippen molar-refractivity contribution in [1.82, 2.24) is 25.5 Å². The summed E-state index contributed by atoms with van der Waals surface area (Å²) in [5.41, 5.74) is 0.711. The predicted molar refractivity (Wildman–Crippen MR) is 87.3 cm³/mol. The Morgan fingerprint density at radius 2 is 2.08 bits per heavy atom. The van der Waals surface area contributed by atoms with E-state index in [0.29, 0.717) is 16.4 Å². The second kappa shape index (κ2) is 8.21. The van der Waals surface area contributed by atoms with Crippen LogP contribution in [0.4, 0.5) is 0 Å². The summed E-state index contributed by atoms with van der Waals surface area (Å²) in [4.78, 5) is 24.1. The van der Waals surface area contributed by atoms with Crippen LogP contribution < -0.4 is 5.32 Å². The molecule has 1 aromatic heterocycles. The highest BCUT2D eigenvalue weighted by molar-refractivity contribution is 6.30. The molecule has 1 amide bonds. The molecule has 1 unspecified atom stereocenters. The van der Waals surface area contributed by atoms with E-state index in [0.717, 1.165) is 4.80 Å². The number of aromatic nitrogens is 4. The molecule has 0 aliphatic carbocycles. The lowest BCUT2D eigenvalue weighted by Crippen LogP contribution is -2.42. The Bertz CT molecular complexity index is 742. The van der Waals surface area contributed by atoms with Gasteiger partial charge in [0.2, 0.25) is 11.7 Å². The Balaban J connectivity index is 1.99. The highest BCUT2D eigenvalue weighted by Crippen LogP contribution is 2.16. The van der Waals surface area contributed by atoms with Crippen molar-refractivity contribution in [1.29, 1.82) is 0 Å². The number of amides is 1. The number of tetrazole rings is 1. The lowest BCUT2D eigenvalue weighted by atomic mass is 10.2. The summed E-state index contributed by atoms with van der Waals surface area (Å²) in [5, 5.41) is 23.8. The van der Waals surface area contributed by atoms with E-state index in [4.69, 9.17) is 16.7 Å². The maximum atomic E-state index is 11.9. The van der Waals surface area contributed by atoms with E-state index in [-0.39, 0.29) is 13.0 Å². The first-order valence-electron chi connectivity index (χ1n) is 7.16. The number of carbonyl (C=O) groups is 2. The normalized spacial score (nSPS) is 12.2. The SMILES string of the molecule is C/C=C/CC(NC(=O)Cn1nnc(-c2ccc(Cl)cc2)n1)C(=O)O. The van der Waals surface area contributed by atoms with Crippen LogP contribution in [-0.4, -0.2) is 43.2 Å². The standard InChI is InChI=1S/C15H16ClN5O3/c1-2-3-4-12(15(23)24)17-13(22)9-21-19-14(18-20-21)10-5-7-11(16)8-6-10/h2-3,5-8,12H,4,9H2,1H3,(H,17,22)(H,23,24)/b3-2+. The molecule has 9 heteroatoms. The molecular formula is C15H16ClN5O3. The number of carbonyl (C=O) groups excluding carboxylic acids is 1. The summed E-state index contributed by atoms with van der Waals surface area (Å²) in [5.74, 6) is -1.26. The smallest absolute Gasteiger partial charge is 0.326 e. The fourth-order valence-corrected chi connectivity index (χ4v) is 2.01. The first kappa shape index (κ1) is 17.6. The molecule has 1 heterocycles. The number of aliphatic carboxylic acids is 1. The molecule has 1 atom stereocenters. The largest absolute Gasteiger partial charge is 0.480 e. The Hall–Kier alpha value is -2.74. The number of carboxylic acid groups (broad SMARTS) is 1. The van der Waals surface area contributed by atoms with E-state index in [1.54, 1.807) is 43.3 Å². The third-order valence-electron chi connectivity index (χ3n) is 3.08. The van der Waals surface area contributed by atoms with Gasteiger partial charge in [0, 0.05) is 10.6 Å². The average Bonchev–Trinajstić information content (AvgIpc) is 3.00. The summed E-state index contributed by atoms with van der Waals surface area (Å²) >= 11 is 5.82. The topological polar surface area (TPSA) is 110 Å². The molecule has 0 radical (unpaired) electrons. The number of hydrogen-bond donors (Lipinski definition) is 2. The molecule has 0 spiro atoms. The van der Waals surface area contributed by atoms with Gasteiger partial charge in [0.1, 0.15) is 12.6 Å². The van der Waals surface area contributed by atoms with Crippen molar-refractivity contribution < 1.29 is 14.7 Å². The van der Waals surface area contributed by atoms with E-state index in [2.05, 4.69) is 20.7 Å². The van der Waals surface area contributed by atoms with Crippen LogP contribution in [0.5, 0.6) is 0 Å². The number of benzene rings is 1. The van der Waals surface area contributed by atoms with E-state index < -0.39 is 17.9 Å². The molecule has 0 aliphatic rings. The second-order valence-electron chi connectivity index (χ2n) is 4.91. The fourth-order valence-electron chi connectivity index (χ4n) is 1.89. The van der Waals surface area contributed by atoms with Gasteiger partial charge in [-0.25, -0.2) is 4.79 Å². The molecule has 0 saturated heterocycles. The number of rotatable bonds is 7. The van der Waals surface area contributed by atoms with Gasteiger partial charge in [0.15, 0.2) is 0 Å². The zero-order valence-corrected chi connectivity index (χ0v) is 13.6. The molecule has 2 aromatic rings. The third-order valence-corrected chi connectivity index (χ3v) is 3.33. The maximum absolute atomic E-state index is 11.9. The van der Waals surface area contributed by atoms with Crippen molar-refractivity contribution in [2.75, 3.05) is 0 Å². The van der Waals surface area contributed by atoms with Gasteiger partial charge in [-0.15, -0.1) is 10.2 Å². The van der Waals surface area contributed by atoms with Gasteiger partial charge < -0.3 is 10.4 Å². The number of hydrogen-bond acceptors (Lipinski definition) is 5. The van der Waals surface area contributed by atoms with Crippen molar-refractivity contribution in [3.8, 4) is 11.4 Å². The Morgan fingerprint density at radius 3 is 2.71 bits per heavy atom. The quantitative estimate of drug-likeness (QED) is 0.733. The molecule has 0 aliphatic heterocycles. The zero-order chi connectivity index (χ0) is 17.5. The van der Waals surface area contributed by atoms with E-state index in [1.165, 1.54) is 0 Å². The van der Waals surface area contributed by atoms with Crippen molar-refractivity contribution >= 4 is 23.5 Å². The van der Waals surface area contributed by atoms with Crippen molar-refractivity contribution in [2.45, 2.75) is 25.9 Å². The van der Waals surface area contributed by atoms with Crippen LogP contribution in [0.25, 0.3) is 11.4 Å². The summed E-state index contributed by atoms with van der Waals surface area (Å²) in [6.07, 6.45) is 3.60. The number of nitrogens with one attached hydrogen (secondary N) is 1. The van der Waals surface area contributed by atoms with Gasteiger partial charge >= 0.3 is 5.97 Å². The van der Waals surface area contributed by atoms with Gasteiger partial charge in [-0.3, -0.25) is 4.79 Å². The van der Waals surface area contributed by atoms with Crippen LogP contribution in [0, 0.1) is 0 Å². The highest BCUT2D eigenvalue weighted by Gasteiger charge is 2.19. The molecule has 2 N–H and O–H groups in total. The zero-order valence-electron chi connectivity index (χ0n) is 12.9. The first-order valence-corrected chi connectivity index (χ1v) is 7.54. The van der Waals surface area contributed by atoms with Crippen LogP contribution in [0.2, 0.25) is 5.02 Å². The number of halogens is 1. The molecule has 0 fully saturated rings. The minimum atomic E-state index is -1.10. The summed E-state index contributed by atoms with van der Waals surface area (Å²) < 4.78 is 0. The van der Waals surface area contributed by atoms with Crippen molar-refractivity contribution in [3.63, 3.8) is 0 Å². The minimum absolute atomic E-state index is 0.207. The van der Waals surface area contributed by atoms with Gasteiger partial charge in [0.05, 0.1) is 0 Å². The maximum Gasteiger partial charge on any atom is 0.326 e. The number of nitrogens with zero attached hydrogens (tertiary/aromatic N) is 4. The molecule has 0 bridgehead atoms. The van der Waals surface area contributed by atoms with Crippen LogP contribution in [0.15, 0.2) is 36.4 Å². The van der Waals surface area contributed by atoms with Gasteiger partial charge in [-0.05, 0) is 42.8 Å². The monoisotopic (exact) mass is 349 g/mol. The first-order chi connectivity index (χ1) is 11.5. The summed E-state index contributed by atoms with van der Waals surface area (Å²) in [7, 11) is 0. The molecule has 0 saturated carbocycles. The van der Waals surface area contributed by atoms with E-state index >= 15 is 0 Å². The summed E-state index contributed by atoms with van der Waals surface area (Å²) in [6, 6.07) is 5.88. The molecule has 24 heavy (non-hydrogen) atoms.